The van der Waals surface area contributed by atoms with Gasteiger partial charge in [0.15, 0.2) is 0 Å². The Labute approximate surface area is 120 Å². The summed E-state index contributed by atoms with van der Waals surface area (Å²) in [5, 5.41) is 23.0. The van der Waals surface area contributed by atoms with Crippen molar-refractivity contribution >= 4 is 23.3 Å². The highest BCUT2D eigenvalue weighted by Crippen LogP contribution is 2.35. The molecule has 0 heterocycles. The van der Waals surface area contributed by atoms with E-state index in [1.165, 1.54) is 12.1 Å². The Bertz CT molecular complexity index is 608. The topological polar surface area (TPSA) is 136 Å². The van der Waals surface area contributed by atoms with Crippen LogP contribution in [0.25, 0.3) is 0 Å². The number of nitrogens with zero attached hydrogens (tertiary/aromatic N) is 1. The molecule has 0 radical (unpaired) electrons. The van der Waals surface area contributed by atoms with Crippen LogP contribution in [0.2, 0.25) is 0 Å². The lowest BCUT2D eigenvalue weighted by Gasteiger charge is -2.27. The summed E-state index contributed by atoms with van der Waals surface area (Å²) in [5.74, 6) is -1.85. The fourth-order valence-corrected chi connectivity index (χ4v) is 2.59. The van der Waals surface area contributed by atoms with Crippen molar-refractivity contribution in [2.75, 3.05) is 5.32 Å². The number of anilines is 1. The van der Waals surface area contributed by atoms with Gasteiger partial charge in [0.2, 0.25) is 0 Å². The minimum atomic E-state index is -1.15. The number of nitro benzene ring substituents is 1. The van der Waals surface area contributed by atoms with E-state index >= 15 is 0 Å². The summed E-state index contributed by atoms with van der Waals surface area (Å²) in [4.78, 5) is 33.1. The van der Waals surface area contributed by atoms with Crippen LogP contribution in [-0.4, -0.2) is 27.4 Å². The fourth-order valence-electron chi connectivity index (χ4n) is 2.59. The van der Waals surface area contributed by atoms with E-state index in [-0.39, 0.29) is 16.9 Å². The number of non-ortho nitro benzene ring substituents is 1. The summed E-state index contributed by atoms with van der Waals surface area (Å²) in [5.41, 5.74) is 3.92. The van der Waals surface area contributed by atoms with E-state index in [1.807, 2.05) is 0 Å². The van der Waals surface area contributed by atoms with Gasteiger partial charge in [-0.3, -0.25) is 14.9 Å². The average molecular weight is 293 g/mol. The standard InChI is InChI=1S/C13H15N3O5/c14-11(17)9-7-8(16(20)21)3-4-10(9)15-13(12(18)19)5-1-2-6-13/h3-4,7,15H,1-2,5-6H2,(H2,14,17)(H,18,19). The SMILES string of the molecule is NC(=O)c1cc([N+](=O)[O-])ccc1NC1(C(=O)O)CCCC1. The van der Waals surface area contributed by atoms with Crippen LogP contribution < -0.4 is 11.1 Å². The predicted octanol–water partition coefficient (Wildman–Crippen LogP) is 1.50. The number of nitro groups is 1. The molecule has 0 unspecified atom stereocenters. The smallest absolute Gasteiger partial charge is 0.329 e. The van der Waals surface area contributed by atoms with Crippen molar-refractivity contribution in [2.45, 2.75) is 31.2 Å². The van der Waals surface area contributed by atoms with Crippen LogP contribution in [0.1, 0.15) is 36.0 Å². The summed E-state index contributed by atoms with van der Waals surface area (Å²) in [6.07, 6.45) is 2.38. The highest BCUT2D eigenvalue weighted by Gasteiger charge is 2.41. The molecular weight excluding hydrogens is 278 g/mol. The molecule has 4 N–H and O–H groups in total. The molecule has 0 bridgehead atoms. The van der Waals surface area contributed by atoms with E-state index in [0.717, 1.165) is 18.9 Å². The van der Waals surface area contributed by atoms with Crippen molar-refractivity contribution in [1.29, 1.82) is 0 Å². The van der Waals surface area contributed by atoms with Gasteiger partial charge in [0.1, 0.15) is 5.54 Å². The Morgan fingerprint density at radius 1 is 1.33 bits per heavy atom. The minimum absolute atomic E-state index is 0.0864. The molecule has 0 spiro atoms. The van der Waals surface area contributed by atoms with Crippen LogP contribution in [0.5, 0.6) is 0 Å². The number of primary amides is 1. The molecule has 1 aliphatic carbocycles. The second kappa shape index (κ2) is 5.39. The maximum Gasteiger partial charge on any atom is 0.329 e. The number of aliphatic carboxylic acids is 1. The molecule has 21 heavy (non-hydrogen) atoms. The molecule has 1 fully saturated rings. The Hall–Kier alpha value is -2.64. The molecule has 1 saturated carbocycles. The van der Waals surface area contributed by atoms with Gasteiger partial charge >= 0.3 is 5.97 Å². The van der Waals surface area contributed by atoms with E-state index in [2.05, 4.69) is 5.32 Å². The number of nitrogens with one attached hydrogen (secondary N) is 1. The number of carbonyl (C=O) groups is 2. The van der Waals surface area contributed by atoms with E-state index in [1.54, 1.807) is 0 Å². The first-order valence-electron chi connectivity index (χ1n) is 6.45. The van der Waals surface area contributed by atoms with Crippen LogP contribution in [0, 0.1) is 10.1 Å². The van der Waals surface area contributed by atoms with Gasteiger partial charge in [-0.1, -0.05) is 12.8 Å². The number of rotatable bonds is 5. The number of benzene rings is 1. The van der Waals surface area contributed by atoms with Crippen molar-refractivity contribution in [1.82, 2.24) is 0 Å². The first kappa shape index (κ1) is 14.8. The third-order valence-corrected chi connectivity index (χ3v) is 3.72. The van der Waals surface area contributed by atoms with Crippen LogP contribution >= 0.6 is 0 Å². The Morgan fingerprint density at radius 2 is 1.95 bits per heavy atom. The molecule has 0 aliphatic heterocycles. The summed E-state index contributed by atoms with van der Waals surface area (Å²) >= 11 is 0. The monoisotopic (exact) mass is 293 g/mol. The van der Waals surface area contributed by atoms with Gasteiger partial charge < -0.3 is 16.2 Å². The largest absolute Gasteiger partial charge is 0.480 e. The fraction of sp³-hybridized carbons (Fsp3) is 0.385. The van der Waals surface area contributed by atoms with Gasteiger partial charge in [-0.25, -0.2) is 4.79 Å². The molecule has 0 saturated heterocycles. The zero-order chi connectivity index (χ0) is 15.6. The molecule has 1 aromatic rings. The summed E-state index contributed by atoms with van der Waals surface area (Å²) in [6, 6.07) is 3.58. The molecule has 8 heteroatoms. The van der Waals surface area contributed by atoms with Gasteiger partial charge in [-0.2, -0.15) is 0 Å². The Kier molecular flexibility index (Phi) is 3.79. The molecular formula is C13H15N3O5. The number of nitrogens with two attached hydrogens (primary N) is 1. The maximum atomic E-state index is 11.5. The molecule has 112 valence electrons. The number of carboxylic acid groups (broad SMARTS) is 1. The van der Waals surface area contributed by atoms with Crippen molar-refractivity contribution in [2.24, 2.45) is 5.73 Å². The van der Waals surface area contributed by atoms with Crippen LogP contribution in [-0.2, 0) is 4.79 Å². The van der Waals surface area contributed by atoms with Gasteiger partial charge in [0.05, 0.1) is 10.5 Å². The first-order valence-corrected chi connectivity index (χ1v) is 6.45. The van der Waals surface area contributed by atoms with E-state index in [4.69, 9.17) is 5.73 Å². The minimum Gasteiger partial charge on any atom is -0.480 e. The quantitative estimate of drug-likeness (QED) is 0.556. The molecule has 1 amide bonds. The van der Waals surface area contributed by atoms with E-state index in [9.17, 15) is 24.8 Å². The lowest BCUT2D eigenvalue weighted by atomic mass is 9.96. The molecule has 0 atom stereocenters. The predicted molar refractivity (Wildman–Crippen MR) is 74.1 cm³/mol. The first-order chi connectivity index (χ1) is 9.85. The van der Waals surface area contributed by atoms with Crippen LogP contribution in [0.4, 0.5) is 11.4 Å². The van der Waals surface area contributed by atoms with Crippen LogP contribution in [0.3, 0.4) is 0 Å². The highest BCUT2D eigenvalue weighted by molar-refractivity contribution is 6.00. The summed E-state index contributed by atoms with van der Waals surface area (Å²) < 4.78 is 0. The third-order valence-electron chi connectivity index (χ3n) is 3.72. The molecule has 8 nitrogen and oxygen atoms in total. The van der Waals surface area contributed by atoms with Crippen molar-refractivity contribution in [3.8, 4) is 0 Å². The number of hydrogen-bond donors (Lipinski definition) is 3. The summed E-state index contributed by atoms with van der Waals surface area (Å²) in [6.45, 7) is 0. The Morgan fingerprint density at radius 3 is 2.43 bits per heavy atom. The number of carbonyl (C=O) groups excluding carboxylic acids is 1. The zero-order valence-electron chi connectivity index (χ0n) is 11.2. The molecule has 0 aromatic heterocycles. The maximum absolute atomic E-state index is 11.5. The second-order valence-corrected chi connectivity index (χ2v) is 5.07. The third kappa shape index (κ3) is 2.78. The van der Waals surface area contributed by atoms with Gasteiger partial charge in [-0.05, 0) is 18.9 Å². The molecule has 1 aromatic carbocycles. The lowest BCUT2D eigenvalue weighted by molar-refractivity contribution is -0.384. The summed E-state index contributed by atoms with van der Waals surface area (Å²) in [7, 11) is 0. The van der Waals surface area contributed by atoms with E-state index < -0.39 is 22.3 Å². The second-order valence-electron chi connectivity index (χ2n) is 5.07. The number of carboxylic acids is 1. The van der Waals surface area contributed by atoms with Gasteiger partial charge in [-0.15, -0.1) is 0 Å². The number of hydrogen-bond acceptors (Lipinski definition) is 5. The lowest BCUT2D eigenvalue weighted by Crippen LogP contribution is -2.44. The van der Waals surface area contributed by atoms with Crippen molar-refractivity contribution < 1.29 is 19.6 Å². The molecule has 2 rings (SSSR count). The molecule has 1 aliphatic rings. The van der Waals surface area contributed by atoms with E-state index in [0.29, 0.717) is 12.8 Å². The van der Waals surface area contributed by atoms with Gasteiger partial charge in [0, 0.05) is 17.8 Å². The average Bonchev–Trinajstić information content (AvgIpc) is 2.88. The highest BCUT2D eigenvalue weighted by atomic mass is 16.6. The zero-order valence-corrected chi connectivity index (χ0v) is 11.2. The Balaban J connectivity index is 2.41. The van der Waals surface area contributed by atoms with Crippen molar-refractivity contribution in [3.63, 3.8) is 0 Å². The normalized spacial score (nSPS) is 16.4. The number of amides is 1. The van der Waals surface area contributed by atoms with Crippen LogP contribution in [0.15, 0.2) is 18.2 Å². The van der Waals surface area contributed by atoms with Crippen molar-refractivity contribution in [3.05, 3.63) is 33.9 Å². The van der Waals surface area contributed by atoms with Gasteiger partial charge in [0.25, 0.3) is 11.6 Å².